The number of nitrogens with one attached hydrogen (secondary N) is 1. The van der Waals surface area contributed by atoms with E-state index in [0.717, 1.165) is 19.4 Å². The number of hydrogen-bond donors (Lipinski definition) is 1. The number of carbonyl (C=O) groups excluding carboxylic acids is 1. The predicted molar refractivity (Wildman–Crippen MR) is 146 cm³/mol. The van der Waals surface area contributed by atoms with Gasteiger partial charge in [-0.2, -0.15) is 15.0 Å². The molecule has 0 aliphatic carbocycles. The largest absolute Gasteiger partial charge is 0.474 e. The number of nitrogens with zero attached hydrogens (tertiary/aromatic N) is 5. The van der Waals surface area contributed by atoms with E-state index in [9.17, 15) is 9.18 Å². The highest BCUT2D eigenvalue weighted by atomic mass is 35.5. The number of rotatable bonds is 3. The zero-order chi connectivity index (χ0) is 28.8. The highest BCUT2D eigenvalue weighted by Crippen LogP contribution is 2.41. The molecule has 0 radical (unpaired) electrons. The molecule has 1 amide bonds. The van der Waals surface area contributed by atoms with Crippen LogP contribution in [0.25, 0.3) is 10.9 Å². The summed E-state index contributed by atoms with van der Waals surface area (Å²) in [5, 5.41) is 3.03. The first kappa shape index (κ1) is 28.8. The van der Waals surface area contributed by atoms with Crippen LogP contribution in [0.15, 0.2) is 0 Å². The van der Waals surface area contributed by atoms with Crippen molar-refractivity contribution in [2.75, 3.05) is 38.1 Å². The molecule has 3 aliphatic heterocycles. The van der Waals surface area contributed by atoms with E-state index in [1.54, 1.807) is 4.90 Å². The van der Waals surface area contributed by atoms with Gasteiger partial charge in [-0.25, -0.2) is 13.6 Å². The first-order valence-corrected chi connectivity index (χ1v) is 14.2. The van der Waals surface area contributed by atoms with Gasteiger partial charge in [-0.1, -0.05) is 11.6 Å². The van der Waals surface area contributed by atoms with Crippen molar-refractivity contribution in [3.8, 4) is 11.9 Å². The van der Waals surface area contributed by atoms with Crippen LogP contribution >= 0.6 is 11.6 Å². The van der Waals surface area contributed by atoms with Gasteiger partial charge in [0.1, 0.15) is 35.1 Å². The molecule has 13 heteroatoms. The molecular weight excluding hydrogens is 546 g/mol. The lowest BCUT2D eigenvalue weighted by Crippen LogP contribution is -2.45. The third-order valence-electron chi connectivity index (χ3n) is 7.71. The summed E-state index contributed by atoms with van der Waals surface area (Å²) < 4.78 is 47.4. The normalized spacial score (nSPS) is 27.5. The number of hydrogen-bond acceptors (Lipinski definition) is 9. The van der Waals surface area contributed by atoms with Gasteiger partial charge in [-0.15, -0.1) is 0 Å². The van der Waals surface area contributed by atoms with Crippen LogP contribution in [0.3, 0.4) is 0 Å². The fourth-order valence-electron chi connectivity index (χ4n) is 5.97. The maximum Gasteiger partial charge on any atom is 0.410 e. The van der Waals surface area contributed by atoms with Crippen LogP contribution in [0.5, 0.6) is 11.9 Å². The Morgan fingerprint density at radius 3 is 2.77 bits per heavy atom. The molecule has 0 spiro atoms. The second-order valence-electron chi connectivity index (χ2n) is 12.1. The third kappa shape index (κ3) is 5.83. The van der Waals surface area contributed by atoms with Crippen LogP contribution in [0, 0.1) is 5.82 Å². The van der Waals surface area contributed by atoms with E-state index in [1.165, 1.54) is 0 Å². The highest BCUT2D eigenvalue weighted by molar-refractivity contribution is 6.30. The molecule has 2 aromatic heterocycles. The number of alkyl halides is 1. The van der Waals surface area contributed by atoms with Crippen LogP contribution in [0.4, 0.5) is 19.4 Å². The van der Waals surface area contributed by atoms with E-state index in [2.05, 4.69) is 25.2 Å². The van der Waals surface area contributed by atoms with Crippen molar-refractivity contribution >= 4 is 34.4 Å². The Bertz CT molecular complexity index is 1280. The summed E-state index contributed by atoms with van der Waals surface area (Å²) in [6.07, 6.45) is 0.842. The maximum atomic E-state index is 15.3. The smallest absolute Gasteiger partial charge is 0.410 e. The van der Waals surface area contributed by atoms with Gasteiger partial charge in [0.2, 0.25) is 5.88 Å². The zero-order valence-electron chi connectivity index (χ0n) is 23.6. The van der Waals surface area contributed by atoms with Crippen molar-refractivity contribution in [3.05, 3.63) is 11.0 Å². The van der Waals surface area contributed by atoms with Crippen LogP contribution < -0.4 is 14.8 Å². The summed E-state index contributed by atoms with van der Waals surface area (Å²) in [5.74, 6) is -0.507. The number of aromatic nitrogens is 3. The average Bonchev–Trinajstić information content (AvgIpc) is 3.36. The van der Waals surface area contributed by atoms with Gasteiger partial charge in [0.15, 0.2) is 11.0 Å². The van der Waals surface area contributed by atoms with Crippen LogP contribution in [-0.4, -0.2) is 93.1 Å². The van der Waals surface area contributed by atoms with Gasteiger partial charge in [0.05, 0.1) is 11.6 Å². The summed E-state index contributed by atoms with van der Waals surface area (Å²) >= 11 is 6.17. The molecule has 2 saturated heterocycles. The second kappa shape index (κ2) is 10.9. The van der Waals surface area contributed by atoms with E-state index in [-0.39, 0.29) is 53.0 Å². The minimum absolute atomic E-state index is 0.0639. The molecule has 40 heavy (non-hydrogen) atoms. The van der Waals surface area contributed by atoms with E-state index in [0.29, 0.717) is 25.9 Å². The Balaban J connectivity index is 1.48. The summed E-state index contributed by atoms with van der Waals surface area (Å²) in [6.45, 7) is 11.1. The second-order valence-corrected chi connectivity index (χ2v) is 12.4. The first-order valence-electron chi connectivity index (χ1n) is 13.8. The molecule has 220 valence electrons. The number of halogens is 3. The minimum Gasteiger partial charge on any atom is -0.474 e. The van der Waals surface area contributed by atoms with Gasteiger partial charge >= 0.3 is 12.1 Å². The standard InChI is InChI=1S/C27H37ClF2N6O4/c1-15-11-16(2)39-23-18-20(19(30)21(28)33-23)32-24(38-14-27-7-6-9-35(27)13-17(29)12-27)34-22(18)31-8-10-36(15)25(37)40-26(3,4)5/h15-17H,6-14H2,1-5H3,(H,31,32,34)/t15-,16-,17+,27-/m0/s1. The lowest BCUT2D eigenvalue weighted by Gasteiger charge is -2.32. The predicted octanol–water partition coefficient (Wildman–Crippen LogP) is 4.98. The molecule has 0 bridgehead atoms. The Morgan fingerprint density at radius 2 is 2.02 bits per heavy atom. The van der Waals surface area contributed by atoms with Crippen molar-refractivity contribution in [2.45, 2.75) is 89.8 Å². The number of fused-ring (bicyclic) bond motifs is 1. The Morgan fingerprint density at radius 1 is 1.25 bits per heavy atom. The summed E-state index contributed by atoms with van der Waals surface area (Å²) in [5.41, 5.74) is -1.18. The Labute approximate surface area is 237 Å². The lowest BCUT2D eigenvalue weighted by molar-refractivity contribution is 0.0147. The number of ether oxygens (including phenoxy) is 3. The van der Waals surface area contributed by atoms with Gasteiger partial charge in [0, 0.05) is 38.5 Å². The molecule has 10 nitrogen and oxygen atoms in total. The van der Waals surface area contributed by atoms with E-state index in [4.69, 9.17) is 25.8 Å². The molecule has 0 saturated carbocycles. The minimum atomic E-state index is -0.910. The summed E-state index contributed by atoms with van der Waals surface area (Å²) in [7, 11) is 0. The number of amides is 1. The lowest BCUT2D eigenvalue weighted by atomic mass is 9.95. The molecule has 5 rings (SSSR count). The van der Waals surface area contributed by atoms with Crippen molar-refractivity contribution in [1.82, 2.24) is 24.8 Å². The third-order valence-corrected chi connectivity index (χ3v) is 7.96. The molecule has 2 fully saturated rings. The van der Waals surface area contributed by atoms with Crippen molar-refractivity contribution in [3.63, 3.8) is 0 Å². The molecular formula is C27H37ClF2N6O4. The molecule has 5 heterocycles. The summed E-state index contributed by atoms with van der Waals surface area (Å²) in [6, 6.07) is -0.297. The van der Waals surface area contributed by atoms with Crippen LogP contribution in [0.1, 0.15) is 60.3 Å². The van der Waals surface area contributed by atoms with Crippen molar-refractivity contribution in [2.24, 2.45) is 0 Å². The zero-order valence-corrected chi connectivity index (χ0v) is 24.4. The Hall–Kier alpha value is -2.73. The van der Waals surface area contributed by atoms with Gasteiger partial charge in [0.25, 0.3) is 0 Å². The number of pyridine rings is 1. The fourth-order valence-corrected chi connectivity index (χ4v) is 6.14. The van der Waals surface area contributed by atoms with Gasteiger partial charge < -0.3 is 24.4 Å². The van der Waals surface area contributed by atoms with Gasteiger partial charge in [-0.3, -0.25) is 4.90 Å². The van der Waals surface area contributed by atoms with Crippen molar-refractivity contribution < 1.29 is 27.8 Å². The van der Waals surface area contributed by atoms with Gasteiger partial charge in [-0.05, 0) is 54.0 Å². The van der Waals surface area contributed by atoms with Crippen molar-refractivity contribution in [1.29, 1.82) is 0 Å². The SMILES string of the molecule is C[C@H]1C[C@H](C)N(C(=O)OC(C)(C)C)CCNc2nc(OC[C@@]34CCCN3C[C@H](F)C4)nc3c(F)c(Cl)nc(c23)O1. The molecule has 0 aromatic carbocycles. The highest BCUT2D eigenvalue weighted by Gasteiger charge is 2.49. The van der Waals surface area contributed by atoms with E-state index < -0.39 is 35.3 Å². The topological polar surface area (TPSA) is 102 Å². The van der Waals surface area contributed by atoms with E-state index >= 15 is 4.39 Å². The molecule has 2 aromatic rings. The quantitative estimate of drug-likeness (QED) is 0.502. The molecule has 1 N–H and O–H groups in total. The van der Waals surface area contributed by atoms with E-state index in [1.807, 2.05) is 34.6 Å². The number of carbonyl (C=O) groups is 1. The monoisotopic (exact) mass is 582 g/mol. The van der Waals surface area contributed by atoms with Crippen LogP contribution in [0.2, 0.25) is 5.15 Å². The number of anilines is 1. The molecule has 4 atom stereocenters. The fraction of sp³-hybridized carbons (Fsp3) is 0.704. The summed E-state index contributed by atoms with van der Waals surface area (Å²) in [4.78, 5) is 29.8. The van der Waals surface area contributed by atoms with Crippen LogP contribution in [-0.2, 0) is 4.74 Å². The molecule has 0 unspecified atom stereocenters. The first-order chi connectivity index (χ1) is 18.8. The molecule has 3 aliphatic rings. The Kier molecular flexibility index (Phi) is 7.86. The average molecular weight is 583 g/mol. The maximum absolute atomic E-state index is 15.3.